The van der Waals surface area contributed by atoms with Gasteiger partial charge in [-0.3, -0.25) is 9.10 Å². The maximum Gasteiger partial charge on any atom is 0.326 e. The second-order valence-corrected chi connectivity index (χ2v) is 7.38. The average Bonchev–Trinajstić information content (AvgIpc) is 2.54. The lowest BCUT2D eigenvalue weighted by Crippen LogP contribution is -2.36. The highest BCUT2D eigenvalue weighted by Gasteiger charge is 2.28. The Kier molecular flexibility index (Phi) is 5.41. The van der Waals surface area contributed by atoms with Crippen molar-refractivity contribution < 1.29 is 17.9 Å². The fourth-order valence-electron chi connectivity index (χ4n) is 1.86. The molecule has 0 saturated carbocycles. The zero-order valence-electron chi connectivity index (χ0n) is 11.8. The van der Waals surface area contributed by atoms with Crippen LogP contribution in [0.25, 0.3) is 0 Å². The van der Waals surface area contributed by atoms with E-state index in [2.05, 4.69) is 4.74 Å². The number of hydrogen-bond acceptors (Lipinski definition) is 4. The molecule has 0 unspecified atom stereocenters. The molecule has 0 spiro atoms. The van der Waals surface area contributed by atoms with Crippen molar-refractivity contribution in [3.05, 3.63) is 58.2 Å². The second-order valence-electron chi connectivity index (χ2n) is 4.35. The van der Waals surface area contributed by atoms with Crippen molar-refractivity contribution >= 4 is 44.3 Å². The topological polar surface area (TPSA) is 63.7 Å². The maximum absolute atomic E-state index is 12.9. The molecular formula is C15H14INO4S. The number of carbonyl (C=O) groups excluding carboxylic acids is 1. The third-order valence-corrected chi connectivity index (χ3v) is 5.64. The van der Waals surface area contributed by atoms with Gasteiger partial charge in [-0.05, 0) is 46.9 Å². The molecule has 0 amide bonds. The number of carbonyl (C=O) groups is 1. The summed E-state index contributed by atoms with van der Waals surface area (Å²) in [4.78, 5) is 11.8. The Labute approximate surface area is 143 Å². The molecule has 2 rings (SSSR count). The Morgan fingerprint density at radius 3 is 2.27 bits per heavy atom. The standard InChI is InChI=1S/C15H14INO4S/c1-21-15(18)11-17(14-10-6-5-9-13(14)16)22(19,20)12-7-3-2-4-8-12/h2-10H,11H2,1H3. The van der Waals surface area contributed by atoms with E-state index in [1.807, 2.05) is 22.6 Å². The number of nitrogens with zero attached hydrogens (tertiary/aromatic N) is 1. The van der Waals surface area contributed by atoms with Crippen LogP contribution in [0.4, 0.5) is 5.69 Å². The molecule has 7 heteroatoms. The van der Waals surface area contributed by atoms with Gasteiger partial charge in [0.15, 0.2) is 0 Å². The second kappa shape index (κ2) is 7.10. The van der Waals surface area contributed by atoms with Crippen molar-refractivity contribution in [2.75, 3.05) is 18.0 Å². The van der Waals surface area contributed by atoms with Gasteiger partial charge in [0.1, 0.15) is 6.54 Å². The van der Waals surface area contributed by atoms with E-state index in [-0.39, 0.29) is 11.4 Å². The van der Waals surface area contributed by atoms with E-state index in [0.29, 0.717) is 5.69 Å². The van der Waals surface area contributed by atoms with Gasteiger partial charge in [-0.1, -0.05) is 30.3 Å². The van der Waals surface area contributed by atoms with Crippen LogP contribution in [0, 0.1) is 3.57 Å². The first-order valence-corrected chi connectivity index (χ1v) is 8.88. The summed E-state index contributed by atoms with van der Waals surface area (Å²) in [7, 11) is -2.63. The zero-order chi connectivity index (χ0) is 16.2. The molecule has 0 aliphatic heterocycles. The van der Waals surface area contributed by atoms with Gasteiger partial charge in [0, 0.05) is 3.57 Å². The summed E-state index contributed by atoms with van der Waals surface area (Å²) >= 11 is 2.04. The Morgan fingerprint density at radius 1 is 1.09 bits per heavy atom. The highest BCUT2D eigenvalue weighted by Crippen LogP contribution is 2.27. The number of halogens is 1. The first kappa shape index (κ1) is 16.8. The van der Waals surface area contributed by atoms with Crippen LogP contribution in [-0.2, 0) is 19.6 Å². The molecule has 0 aliphatic rings. The molecule has 5 nitrogen and oxygen atoms in total. The van der Waals surface area contributed by atoms with Gasteiger partial charge in [0.25, 0.3) is 10.0 Å². The quantitative estimate of drug-likeness (QED) is 0.540. The third kappa shape index (κ3) is 3.58. The summed E-state index contributed by atoms with van der Waals surface area (Å²) in [6.45, 7) is -0.381. The van der Waals surface area contributed by atoms with Crippen LogP contribution in [0.15, 0.2) is 59.5 Å². The van der Waals surface area contributed by atoms with Crippen LogP contribution < -0.4 is 4.31 Å². The van der Waals surface area contributed by atoms with Crippen molar-refractivity contribution in [1.29, 1.82) is 0 Å². The molecule has 0 saturated heterocycles. The third-order valence-electron chi connectivity index (χ3n) is 2.95. The van der Waals surface area contributed by atoms with Crippen molar-refractivity contribution in [2.45, 2.75) is 4.90 Å². The number of benzene rings is 2. The van der Waals surface area contributed by atoms with Crippen LogP contribution in [-0.4, -0.2) is 28.0 Å². The van der Waals surface area contributed by atoms with Gasteiger partial charge in [-0.25, -0.2) is 8.42 Å². The molecule has 0 bridgehead atoms. The molecule has 0 aromatic heterocycles. The number of sulfonamides is 1. The Hall–Kier alpha value is -1.61. The van der Waals surface area contributed by atoms with Gasteiger partial charge in [-0.2, -0.15) is 0 Å². The van der Waals surface area contributed by atoms with E-state index in [0.717, 1.165) is 7.88 Å². The molecule has 22 heavy (non-hydrogen) atoms. The number of hydrogen-bond donors (Lipinski definition) is 0. The Bertz CT molecular complexity index is 762. The molecule has 0 fully saturated rings. The first-order valence-electron chi connectivity index (χ1n) is 6.36. The minimum atomic E-state index is -3.85. The highest BCUT2D eigenvalue weighted by atomic mass is 127. The lowest BCUT2D eigenvalue weighted by Gasteiger charge is -2.24. The van der Waals surface area contributed by atoms with Crippen molar-refractivity contribution in [3.63, 3.8) is 0 Å². The molecule has 116 valence electrons. The van der Waals surface area contributed by atoms with E-state index in [9.17, 15) is 13.2 Å². The minimum absolute atomic E-state index is 0.124. The summed E-state index contributed by atoms with van der Waals surface area (Å²) in [6, 6.07) is 15.0. The number of methoxy groups -OCH3 is 1. The Balaban J connectivity index is 2.54. The predicted molar refractivity (Wildman–Crippen MR) is 92.1 cm³/mol. The van der Waals surface area contributed by atoms with Crippen LogP contribution in [0.1, 0.15) is 0 Å². The van der Waals surface area contributed by atoms with Gasteiger partial charge < -0.3 is 4.74 Å². The fourth-order valence-corrected chi connectivity index (χ4v) is 4.15. The molecule has 2 aromatic rings. The van der Waals surface area contributed by atoms with E-state index >= 15 is 0 Å². The highest BCUT2D eigenvalue weighted by molar-refractivity contribution is 14.1. The normalized spacial score (nSPS) is 11.0. The van der Waals surface area contributed by atoms with Crippen molar-refractivity contribution in [2.24, 2.45) is 0 Å². The Morgan fingerprint density at radius 2 is 1.68 bits per heavy atom. The van der Waals surface area contributed by atoms with Gasteiger partial charge in [0.05, 0.1) is 17.7 Å². The van der Waals surface area contributed by atoms with Crippen LogP contribution >= 0.6 is 22.6 Å². The summed E-state index contributed by atoms with van der Waals surface area (Å²) in [5.41, 5.74) is 0.442. The predicted octanol–water partition coefficient (Wildman–Crippen LogP) is 2.66. The van der Waals surface area contributed by atoms with Crippen molar-refractivity contribution in [1.82, 2.24) is 0 Å². The summed E-state index contributed by atoms with van der Waals surface area (Å²) < 4.78 is 32.1. The molecule has 0 radical (unpaired) electrons. The number of anilines is 1. The summed E-state index contributed by atoms with van der Waals surface area (Å²) in [5, 5.41) is 0. The van der Waals surface area contributed by atoms with E-state index in [4.69, 9.17) is 0 Å². The van der Waals surface area contributed by atoms with E-state index < -0.39 is 16.0 Å². The van der Waals surface area contributed by atoms with Crippen LogP contribution in [0.2, 0.25) is 0 Å². The van der Waals surface area contributed by atoms with Crippen LogP contribution in [0.5, 0.6) is 0 Å². The van der Waals surface area contributed by atoms with Gasteiger partial charge in [0.2, 0.25) is 0 Å². The lowest BCUT2D eigenvalue weighted by molar-refractivity contribution is -0.138. The van der Waals surface area contributed by atoms with Crippen LogP contribution in [0.3, 0.4) is 0 Å². The maximum atomic E-state index is 12.9. The number of para-hydroxylation sites is 1. The molecular weight excluding hydrogens is 417 g/mol. The molecule has 0 atom stereocenters. The number of ether oxygens (including phenoxy) is 1. The monoisotopic (exact) mass is 431 g/mol. The molecule has 0 N–H and O–H groups in total. The molecule has 0 heterocycles. The van der Waals surface area contributed by atoms with Gasteiger partial charge in [-0.15, -0.1) is 0 Å². The van der Waals surface area contributed by atoms with Crippen molar-refractivity contribution in [3.8, 4) is 0 Å². The van der Waals surface area contributed by atoms with Gasteiger partial charge >= 0.3 is 5.97 Å². The lowest BCUT2D eigenvalue weighted by atomic mass is 10.3. The molecule has 0 aliphatic carbocycles. The average molecular weight is 431 g/mol. The minimum Gasteiger partial charge on any atom is -0.468 e. The smallest absolute Gasteiger partial charge is 0.326 e. The summed E-state index contributed by atoms with van der Waals surface area (Å²) in [6.07, 6.45) is 0. The largest absolute Gasteiger partial charge is 0.468 e. The SMILES string of the molecule is COC(=O)CN(c1ccccc1I)S(=O)(=O)c1ccccc1. The van der Waals surface area contributed by atoms with E-state index in [1.165, 1.54) is 19.2 Å². The zero-order valence-corrected chi connectivity index (χ0v) is 14.7. The fraction of sp³-hybridized carbons (Fsp3) is 0.133. The number of rotatable bonds is 5. The summed E-state index contributed by atoms with van der Waals surface area (Å²) in [5.74, 6) is -0.626. The van der Waals surface area contributed by atoms with E-state index in [1.54, 1.807) is 42.5 Å². The number of esters is 1. The molecule has 2 aromatic carbocycles. The first-order chi connectivity index (χ1) is 10.5.